The zero-order valence-electron chi connectivity index (χ0n) is 12.1. The van der Waals surface area contributed by atoms with Crippen molar-refractivity contribution in [2.24, 2.45) is 11.5 Å². The van der Waals surface area contributed by atoms with Crippen molar-refractivity contribution in [2.75, 3.05) is 18.5 Å². The second-order valence-electron chi connectivity index (χ2n) is 4.12. The molecule has 0 fully saturated rings. The summed E-state index contributed by atoms with van der Waals surface area (Å²) in [6.45, 7) is 0. The van der Waals surface area contributed by atoms with Crippen molar-refractivity contribution in [1.82, 2.24) is 0 Å². The number of primary amides is 1. The summed E-state index contributed by atoms with van der Waals surface area (Å²) in [5.74, 6) is 0.162. The number of ether oxygens (including phenoxy) is 1. The third-order valence-electron chi connectivity index (χ3n) is 2.71. The number of carbonyl (C=O) groups excluding carboxylic acids is 2. The summed E-state index contributed by atoms with van der Waals surface area (Å²) < 4.78 is 5.54. The molecule has 0 aliphatic heterocycles. The van der Waals surface area contributed by atoms with E-state index in [9.17, 15) is 9.59 Å². The molecule has 0 unspecified atom stereocenters. The van der Waals surface area contributed by atoms with Gasteiger partial charge in [-0.05, 0) is 43.4 Å². The van der Waals surface area contributed by atoms with Gasteiger partial charge in [-0.15, -0.1) is 0 Å². The molecule has 2 aromatic rings. The van der Waals surface area contributed by atoms with Gasteiger partial charge in [-0.1, -0.05) is 0 Å². The van der Waals surface area contributed by atoms with Crippen LogP contribution in [0.4, 0.5) is 11.4 Å². The fraction of sp³-hybridized carbons (Fsp3) is 0.0667. The number of hydrogen-bond acceptors (Lipinski definition) is 6. The summed E-state index contributed by atoms with van der Waals surface area (Å²) in [5, 5.41) is 0. The zero-order chi connectivity index (χ0) is 16.7. The maximum Gasteiger partial charge on any atom is 0.250 e. The number of rotatable bonds is 4. The lowest BCUT2D eigenvalue weighted by atomic mass is 10.1. The minimum absolute atomic E-state index is 0.175. The van der Waals surface area contributed by atoms with E-state index in [1.165, 1.54) is 25.2 Å². The number of amides is 1. The van der Waals surface area contributed by atoms with Gasteiger partial charge in [0.2, 0.25) is 0 Å². The first kappa shape index (κ1) is 17.0. The largest absolute Gasteiger partial charge is 0.457 e. The molecular formula is C15H18N4O3. The minimum atomic E-state index is -0.640. The van der Waals surface area contributed by atoms with Crippen molar-refractivity contribution in [3.63, 3.8) is 0 Å². The zero-order valence-corrected chi connectivity index (χ0v) is 12.1. The molecule has 7 heteroatoms. The van der Waals surface area contributed by atoms with Crippen LogP contribution < -0.4 is 27.7 Å². The Hall–Kier alpha value is -3.06. The van der Waals surface area contributed by atoms with Crippen LogP contribution in [0.1, 0.15) is 20.7 Å². The Morgan fingerprint density at radius 3 is 2.09 bits per heavy atom. The fourth-order valence-electron chi connectivity index (χ4n) is 1.67. The summed E-state index contributed by atoms with van der Waals surface area (Å²) in [6, 6.07) is 9.23. The lowest BCUT2D eigenvalue weighted by Crippen LogP contribution is -2.13. The molecule has 0 bridgehead atoms. The molecule has 0 radical (unpaired) electrons. The Balaban J connectivity index is 0.00000116. The van der Waals surface area contributed by atoms with Gasteiger partial charge in [0, 0.05) is 16.9 Å². The van der Waals surface area contributed by atoms with E-state index in [-0.39, 0.29) is 11.3 Å². The molecule has 2 aromatic carbocycles. The quantitative estimate of drug-likeness (QED) is 0.491. The Bertz CT molecular complexity index is 686. The summed E-state index contributed by atoms with van der Waals surface area (Å²) >= 11 is 0. The number of nitrogen functional groups attached to an aromatic ring is 2. The molecule has 8 N–H and O–H groups in total. The first-order valence-electron chi connectivity index (χ1n) is 6.31. The van der Waals surface area contributed by atoms with Gasteiger partial charge < -0.3 is 27.7 Å². The van der Waals surface area contributed by atoms with Crippen LogP contribution in [0.5, 0.6) is 11.5 Å². The Morgan fingerprint density at radius 2 is 1.55 bits per heavy atom. The molecule has 0 aromatic heterocycles. The van der Waals surface area contributed by atoms with E-state index in [0.717, 1.165) is 0 Å². The third kappa shape index (κ3) is 3.97. The lowest BCUT2D eigenvalue weighted by molar-refractivity contribution is 0.100. The number of hydrogen-bond donors (Lipinski definition) is 4. The fourth-order valence-corrected chi connectivity index (χ4v) is 1.67. The van der Waals surface area contributed by atoms with Crippen LogP contribution >= 0.6 is 0 Å². The van der Waals surface area contributed by atoms with Gasteiger partial charge in [-0.3, -0.25) is 9.59 Å². The second-order valence-corrected chi connectivity index (χ2v) is 4.12. The van der Waals surface area contributed by atoms with Crippen LogP contribution in [0.3, 0.4) is 0 Å². The number of nitrogens with two attached hydrogens (primary N) is 4. The molecule has 0 heterocycles. The number of carbonyl (C=O) groups is 2. The average Bonchev–Trinajstić information content (AvgIpc) is 2.52. The summed E-state index contributed by atoms with van der Waals surface area (Å²) in [5.41, 5.74) is 22.1. The highest BCUT2D eigenvalue weighted by molar-refractivity contribution is 5.98. The second kappa shape index (κ2) is 7.65. The number of anilines is 2. The Morgan fingerprint density at radius 1 is 1.00 bits per heavy atom. The summed E-state index contributed by atoms with van der Waals surface area (Å²) in [7, 11) is 1.50. The van der Waals surface area contributed by atoms with Crippen molar-refractivity contribution in [3.8, 4) is 11.5 Å². The molecular weight excluding hydrogens is 284 g/mol. The highest BCUT2D eigenvalue weighted by Gasteiger charge is 2.08. The van der Waals surface area contributed by atoms with Crippen molar-refractivity contribution >= 4 is 23.6 Å². The van der Waals surface area contributed by atoms with Crippen molar-refractivity contribution < 1.29 is 14.3 Å². The van der Waals surface area contributed by atoms with Crippen LogP contribution in [0.25, 0.3) is 0 Å². The SMILES string of the molecule is CN.NC(=O)c1cc(Oc2ccc(N)c(C=O)c2)ccc1N. The molecule has 0 aliphatic carbocycles. The number of benzene rings is 2. The Labute approximate surface area is 127 Å². The van der Waals surface area contributed by atoms with Crippen molar-refractivity contribution in [2.45, 2.75) is 0 Å². The smallest absolute Gasteiger partial charge is 0.250 e. The molecule has 2 rings (SSSR count). The van der Waals surface area contributed by atoms with Gasteiger partial charge in [0.15, 0.2) is 6.29 Å². The molecule has 22 heavy (non-hydrogen) atoms. The maximum absolute atomic E-state index is 11.2. The normalized spacial score (nSPS) is 9.36. The van der Waals surface area contributed by atoms with E-state index in [4.69, 9.17) is 21.9 Å². The molecule has 7 nitrogen and oxygen atoms in total. The molecule has 116 valence electrons. The molecule has 0 saturated heterocycles. The minimum Gasteiger partial charge on any atom is -0.457 e. The third-order valence-corrected chi connectivity index (χ3v) is 2.71. The highest BCUT2D eigenvalue weighted by atomic mass is 16.5. The monoisotopic (exact) mass is 302 g/mol. The molecule has 0 spiro atoms. The summed E-state index contributed by atoms with van der Waals surface area (Å²) in [6.07, 6.45) is 0.639. The average molecular weight is 302 g/mol. The molecule has 0 saturated carbocycles. The van der Waals surface area contributed by atoms with Gasteiger partial charge >= 0.3 is 0 Å². The molecule has 0 aliphatic rings. The standard InChI is InChI=1S/C14H13N3O3.CH5N/c15-12-3-1-9(5-8(12)7-18)20-10-2-4-13(16)11(6-10)14(17)19;1-2/h1-7H,15-16H2,(H2,17,19);2H2,1H3. The van der Waals surface area contributed by atoms with Gasteiger partial charge in [-0.2, -0.15) is 0 Å². The molecule has 0 atom stereocenters. The van der Waals surface area contributed by atoms with Gasteiger partial charge in [0.1, 0.15) is 11.5 Å². The van der Waals surface area contributed by atoms with Gasteiger partial charge in [-0.25, -0.2) is 0 Å². The van der Waals surface area contributed by atoms with Crippen molar-refractivity contribution in [1.29, 1.82) is 0 Å². The first-order chi connectivity index (χ1) is 10.5. The number of aldehydes is 1. The predicted octanol–water partition coefficient (Wildman–Crippen LogP) is 1.13. The van der Waals surface area contributed by atoms with E-state index in [1.54, 1.807) is 18.2 Å². The topological polar surface area (TPSA) is 147 Å². The first-order valence-corrected chi connectivity index (χ1v) is 6.31. The highest BCUT2D eigenvalue weighted by Crippen LogP contribution is 2.27. The van der Waals surface area contributed by atoms with Crippen LogP contribution in [0, 0.1) is 0 Å². The van der Waals surface area contributed by atoms with Crippen LogP contribution in [-0.4, -0.2) is 19.2 Å². The van der Waals surface area contributed by atoms with Crippen LogP contribution in [0.15, 0.2) is 36.4 Å². The van der Waals surface area contributed by atoms with E-state index >= 15 is 0 Å². The lowest BCUT2D eigenvalue weighted by Gasteiger charge is -2.09. The van der Waals surface area contributed by atoms with E-state index < -0.39 is 5.91 Å². The van der Waals surface area contributed by atoms with E-state index in [1.807, 2.05) is 0 Å². The Kier molecular flexibility index (Phi) is 5.91. The maximum atomic E-state index is 11.2. The van der Waals surface area contributed by atoms with Gasteiger partial charge in [0.25, 0.3) is 5.91 Å². The summed E-state index contributed by atoms with van der Waals surface area (Å²) in [4.78, 5) is 22.0. The van der Waals surface area contributed by atoms with Crippen LogP contribution in [-0.2, 0) is 0 Å². The predicted molar refractivity (Wildman–Crippen MR) is 85.8 cm³/mol. The van der Waals surface area contributed by atoms with E-state index in [2.05, 4.69) is 5.73 Å². The molecule has 1 amide bonds. The van der Waals surface area contributed by atoms with Crippen LogP contribution in [0.2, 0.25) is 0 Å². The van der Waals surface area contributed by atoms with E-state index in [0.29, 0.717) is 29.0 Å². The van der Waals surface area contributed by atoms with Crippen molar-refractivity contribution in [3.05, 3.63) is 47.5 Å². The van der Waals surface area contributed by atoms with Gasteiger partial charge in [0.05, 0.1) is 5.56 Å².